The summed E-state index contributed by atoms with van der Waals surface area (Å²) in [5.41, 5.74) is 2.40. The highest BCUT2D eigenvalue weighted by atomic mass is 32.1. The molecule has 19 heavy (non-hydrogen) atoms. The van der Waals surface area contributed by atoms with Crippen molar-refractivity contribution in [2.24, 2.45) is 0 Å². The maximum Gasteiger partial charge on any atom is 0.269 e. The van der Waals surface area contributed by atoms with Crippen LogP contribution in [-0.4, -0.2) is 9.91 Å². The van der Waals surface area contributed by atoms with Gasteiger partial charge < -0.3 is 0 Å². The molecule has 1 heterocycles. The largest absolute Gasteiger partial charge is 0.269 e. The first kappa shape index (κ1) is 13.7. The number of hydrogen-bond acceptors (Lipinski definition) is 4. The third kappa shape index (κ3) is 3.38. The molecule has 0 spiro atoms. The first-order valence-corrected chi connectivity index (χ1v) is 7.10. The Kier molecular flexibility index (Phi) is 4.27. The smallest absolute Gasteiger partial charge is 0.258 e. The lowest BCUT2D eigenvalue weighted by Gasteiger charge is -2.01. The van der Waals surface area contributed by atoms with Crippen molar-refractivity contribution < 1.29 is 4.92 Å². The van der Waals surface area contributed by atoms with E-state index in [0.29, 0.717) is 0 Å². The van der Waals surface area contributed by atoms with Crippen molar-refractivity contribution >= 4 is 17.0 Å². The van der Waals surface area contributed by atoms with Crippen LogP contribution < -0.4 is 0 Å². The highest BCUT2D eigenvalue weighted by Gasteiger charge is 2.10. The van der Waals surface area contributed by atoms with Gasteiger partial charge in [0.1, 0.15) is 0 Å². The Morgan fingerprint density at radius 2 is 2.00 bits per heavy atom. The molecular formula is C14H16N2O2S. The molecule has 0 fully saturated rings. The zero-order valence-corrected chi connectivity index (χ0v) is 11.9. The molecule has 0 amide bonds. The molecule has 2 aromatic rings. The van der Waals surface area contributed by atoms with Crippen LogP contribution in [0.2, 0.25) is 0 Å². The first-order valence-electron chi connectivity index (χ1n) is 6.28. The highest BCUT2D eigenvalue weighted by molar-refractivity contribution is 7.11. The van der Waals surface area contributed by atoms with Gasteiger partial charge in [0.15, 0.2) is 0 Å². The van der Waals surface area contributed by atoms with E-state index in [1.54, 1.807) is 23.5 Å². The number of non-ortho nitro benzene ring substituents is 1. The zero-order chi connectivity index (χ0) is 13.8. The molecule has 1 aromatic heterocycles. The number of benzene rings is 1. The van der Waals surface area contributed by atoms with Crippen LogP contribution in [0.25, 0.3) is 0 Å². The lowest BCUT2D eigenvalue weighted by molar-refractivity contribution is -0.384. The van der Waals surface area contributed by atoms with E-state index in [-0.39, 0.29) is 10.6 Å². The number of rotatable bonds is 5. The van der Waals surface area contributed by atoms with Crippen molar-refractivity contribution in [3.05, 3.63) is 55.5 Å². The summed E-state index contributed by atoms with van der Waals surface area (Å²) in [5, 5.41) is 11.7. The fourth-order valence-electron chi connectivity index (χ4n) is 2.00. The summed E-state index contributed by atoms with van der Waals surface area (Å²) >= 11 is 1.71. The Labute approximate surface area is 116 Å². The summed E-state index contributed by atoms with van der Waals surface area (Å²) in [7, 11) is 0. The van der Waals surface area contributed by atoms with Gasteiger partial charge in [-0.25, -0.2) is 4.98 Å². The molecular weight excluding hydrogens is 260 g/mol. The molecule has 0 saturated carbocycles. The van der Waals surface area contributed by atoms with Gasteiger partial charge in [0, 0.05) is 23.4 Å². The summed E-state index contributed by atoms with van der Waals surface area (Å²) in [6, 6.07) is 6.76. The molecule has 5 heteroatoms. The van der Waals surface area contributed by atoms with Gasteiger partial charge in [0.05, 0.1) is 15.6 Å². The number of nitrogens with zero attached hydrogens (tertiary/aromatic N) is 2. The molecule has 4 nitrogen and oxygen atoms in total. The molecule has 0 unspecified atom stereocenters. The van der Waals surface area contributed by atoms with Crippen LogP contribution >= 0.6 is 11.3 Å². The van der Waals surface area contributed by atoms with Crippen LogP contribution in [0.1, 0.15) is 34.5 Å². The molecule has 1 aromatic carbocycles. The molecule has 0 aliphatic rings. The lowest BCUT2D eigenvalue weighted by atomic mass is 10.1. The Bertz CT molecular complexity index is 576. The van der Waals surface area contributed by atoms with Gasteiger partial charge in [-0.15, -0.1) is 11.3 Å². The van der Waals surface area contributed by atoms with Crippen molar-refractivity contribution in [1.82, 2.24) is 4.98 Å². The molecule has 100 valence electrons. The average Bonchev–Trinajstić information content (AvgIpc) is 2.71. The molecule has 0 atom stereocenters. The van der Waals surface area contributed by atoms with E-state index < -0.39 is 0 Å². The summed E-state index contributed by atoms with van der Waals surface area (Å²) in [6.45, 7) is 4.16. The Hall–Kier alpha value is -1.75. The maximum atomic E-state index is 10.6. The Morgan fingerprint density at radius 1 is 1.32 bits per heavy atom. The highest BCUT2D eigenvalue weighted by Crippen LogP contribution is 2.23. The topological polar surface area (TPSA) is 56.0 Å². The third-order valence-electron chi connectivity index (χ3n) is 2.88. The number of aryl methyl sites for hydroxylation is 2. The molecule has 0 N–H and O–H groups in total. The van der Waals surface area contributed by atoms with E-state index in [1.807, 2.05) is 19.1 Å². The van der Waals surface area contributed by atoms with Crippen molar-refractivity contribution in [2.45, 2.75) is 33.1 Å². The Morgan fingerprint density at radius 3 is 2.58 bits per heavy atom. The number of thiazole rings is 1. The fraction of sp³-hybridized carbons (Fsp3) is 0.357. The van der Waals surface area contributed by atoms with E-state index >= 15 is 0 Å². The van der Waals surface area contributed by atoms with Crippen LogP contribution in [0.5, 0.6) is 0 Å². The van der Waals surface area contributed by atoms with Crippen LogP contribution in [0.3, 0.4) is 0 Å². The number of aromatic nitrogens is 1. The Balaban J connectivity index is 2.18. The minimum Gasteiger partial charge on any atom is -0.258 e. The van der Waals surface area contributed by atoms with Gasteiger partial charge in [-0.2, -0.15) is 0 Å². The van der Waals surface area contributed by atoms with Gasteiger partial charge in [0.25, 0.3) is 5.69 Å². The van der Waals surface area contributed by atoms with E-state index in [0.717, 1.165) is 29.8 Å². The van der Waals surface area contributed by atoms with Gasteiger partial charge in [-0.1, -0.05) is 25.5 Å². The minimum atomic E-state index is -0.372. The number of nitro groups is 1. The normalized spacial score (nSPS) is 10.6. The minimum absolute atomic E-state index is 0.137. The number of nitro benzene ring substituents is 1. The molecule has 0 aliphatic heterocycles. The summed E-state index contributed by atoms with van der Waals surface area (Å²) in [4.78, 5) is 16.1. The van der Waals surface area contributed by atoms with Crippen molar-refractivity contribution in [3.8, 4) is 0 Å². The van der Waals surface area contributed by atoms with Gasteiger partial charge in [0.2, 0.25) is 0 Å². The maximum absolute atomic E-state index is 10.6. The van der Waals surface area contributed by atoms with Gasteiger partial charge in [-0.3, -0.25) is 10.1 Å². The van der Waals surface area contributed by atoms with E-state index in [9.17, 15) is 10.1 Å². The molecule has 0 saturated heterocycles. The zero-order valence-electron chi connectivity index (χ0n) is 11.0. The van der Waals surface area contributed by atoms with Crippen LogP contribution in [0.15, 0.2) is 24.3 Å². The standard InChI is InChI=1S/C14H16N2O2S/c1-3-4-13-14(19-10(2)15-13)9-11-5-7-12(8-6-11)16(17)18/h5-8H,3-4,9H2,1-2H3. The molecule has 2 rings (SSSR count). The van der Waals surface area contributed by atoms with Gasteiger partial charge in [-0.05, 0) is 18.9 Å². The predicted molar refractivity (Wildman–Crippen MR) is 76.7 cm³/mol. The van der Waals surface area contributed by atoms with Crippen LogP contribution in [-0.2, 0) is 12.8 Å². The number of hydrogen-bond donors (Lipinski definition) is 0. The van der Waals surface area contributed by atoms with E-state index in [2.05, 4.69) is 11.9 Å². The molecule has 0 radical (unpaired) electrons. The quantitative estimate of drug-likeness (QED) is 0.614. The van der Waals surface area contributed by atoms with Crippen LogP contribution in [0.4, 0.5) is 5.69 Å². The van der Waals surface area contributed by atoms with Gasteiger partial charge >= 0.3 is 0 Å². The van der Waals surface area contributed by atoms with Crippen molar-refractivity contribution in [2.75, 3.05) is 0 Å². The fourth-order valence-corrected chi connectivity index (χ4v) is 3.02. The van der Waals surface area contributed by atoms with E-state index in [4.69, 9.17) is 0 Å². The summed E-state index contributed by atoms with van der Waals surface area (Å²) in [5.74, 6) is 0. The summed E-state index contributed by atoms with van der Waals surface area (Å²) in [6.07, 6.45) is 2.88. The monoisotopic (exact) mass is 276 g/mol. The van der Waals surface area contributed by atoms with Crippen molar-refractivity contribution in [1.29, 1.82) is 0 Å². The second-order valence-electron chi connectivity index (χ2n) is 4.45. The first-order chi connectivity index (χ1) is 9.10. The molecule has 0 aliphatic carbocycles. The summed E-state index contributed by atoms with van der Waals surface area (Å²) < 4.78 is 0. The SMILES string of the molecule is CCCc1nc(C)sc1Cc1ccc([N+](=O)[O-])cc1. The second kappa shape index (κ2) is 5.93. The third-order valence-corrected chi connectivity index (χ3v) is 3.90. The predicted octanol–water partition coefficient (Wildman–Crippen LogP) is 3.90. The van der Waals surface area contributed by atoms with Crippen LogP contribution in [0, 0.1) is 17.0 Å². The average molecular weight is 276 g/mol. The molecule has 0 bridgehead atoms. The second-order valence-corrected chi connectivity index (χ2v) is 5.74. The van der Waals surface area contributed by atoms with Crippen molar-refractivity contribution in [3.63, 3.8) is 0 Å². The van der Waals surface area contributed by atoms with E-state index in [1.165, 1.54) is 10.6 Å². The lowest BCUT2D eigenvalue weighted by Crippen LogP contribution is -1.93.